The second-order valence-electron chi connectivity index (χ2n) is 5.78. The second kappa shape index (κ2) is 6.11. The average Bonchev–Trinajstić information content (AvgIpc) is 2.84. The number of rotatable bonds is 5. The molecule has 1 saturated carbocycles. The Morgan fingerprint density at radius 3 is 2.29 bits per heavy atom. The van der Waals surface area contributed by atoms with E-state index in [4.69, 9.17) is 9.47 Å². The van der Waals surface area contributed by atoms with Crippen molar-refractivity contribution in [1.29, 1.82) is 0 Å². The highest BCUT2D eigenvalue weighted by Gasteiger charge is 2.49. The molecule has 0 aromatic heterocycles. The minimum Gasteiger partial charge on any atom is -0.347 e. The molecule has 1 N–H and O–H groups in total. The molecule has 0 radical (unpaired) electrons. The van der Waals surface area contributed by atoms with Gasteiger partial charge in [0, 0.05) is 25.1 Å². The van der Waals surface area contributed by atoms with Crippen LogP contribution in [0, 0.1) is 0 Å². The van der Waals surface area contributed by atoms with E-state index < -0.39 is 30.7 Å². The average molecular weight is 341 g/mol. The van der Waals surface area contributed by atoms with Gasteiger partial charge in [-0.15, -0.1) is 0 Å². The molecule has 1 aliphatic carbocycles. The lowest BCUT2D eigenvalue weighted by atomic mass is 9.89. The predicted molar refractivity (Wildman–Crippen MR) is 78.6 cm³/mol. The summed E-state index contributed by atoms with van der Waals surface area (Å²) in [6, 6.07) is -0.201. The molecule has 2 rings (SSSR count). The van der Waals surface area contributed by atoms with Crippen molar-refractivity contribution in [1.82, 2.24) is 5.32 Å². The molecule has 7 nitrogen and oxygen atoms in total. The normalized spacial score (nSPS) is 29.8. The maximum absolute atomic E-state index is 12.5. The van der Waals surface area contributed by atoms with Crippen molar-refractivity contribution in [3.8, 4) is 0 Å². The van der Waals surface area contributed by atoms with Crippen LogP contribution >= 0.6 is 0 Å². The molecule has 2 fully saturated rings. The van der Waals surface area contributed by atoms with Crippen LogP contribution in [0.2, 0.25) is 0 Å². The van der Waals surface area contributed by atoms with E-state index in [1.54, 1.807) is 7.05 Å². The molecule has 2 atom stereocenters. The van der Waals surface area contributed by atoms with Crippen molar-refractivity contribution in [2.75, 3.05) is 38.0 Å². The lowest BCUT2D eigenvalue weighted by Gasteiger charge is -2.40. The number of nitrogens with one attached hydrogen (secondary N) is 1. The molecule has 9 heteroatoms. The second-order valence-corrected chi connectivity index (χ2v) is 10.4. The molecule has 1 aliphatic heterocycles. The summed E-state index contributed by atoms with van der Waals surface area (Å²) in [5, 5.41) is 2.34. The zero-order valence-electron chi connectivity index (χ0n) is 12.4. The van der Waals surface area contributed by atoms with Gasteiger partial charge in [-0.2, -0.15) is 0 Å². The number of ether oxygens (including phenoxy) is 2. The summed E-state index contributed by atoms with van der Waals surface area (Å²) < 4.78 is 58.7. The van der Waals surface area contributed by atoms with E-state index in [1.807, 2.05) is 0 Å². The van der Waals surface area contributed by atoms with E-state index in [-0.39, 0.29) is 24.0 Å². The van der Waals surface area contributed by atoms with Gasteiger partial charge in [0.1, 0.15) is 9.84 Å². The third-order valence-corrected chi connectivity index (χ3v) is 7.58. The minimum atomic E-state index is -3.54. The third kappa shape index (κ3) is 4.16. The molecule has 0 aromatic carbocycles. The molecule has 21 heavy (non-hydrogen) atoms. The molecule has 0 amide bonds. The van der Waals surface area contributed by atoms with Crippen LogP contribution in [0.1, 0.15) is 19.3 Å². The summed E-state index contributed by atoms with van der Waals surface area (Å²) >= 11 is 0. The zero-order chi connectivity index (χ0) is 15.7. The Bertz CT molecular complexity index is 565. The maximum atomic E-state index is 12.5. The van der Waals surface area contributed by atoms with Crippen LogP contribution in [0.5, 0.6) is 0 Å². The fourth-order valence-corrected chi connectivity index (χ4v) is 6.72. The summed E-state index contributed by atoms with van der Waals surface area (Å²) in [5.41, 5.74) is 0. The van der Waals surface area contributed by atoms with E-state index in [2.05, 4.69) is 5.32 Å². The van der Waals surface area contributed by atoms with Crippen molar-refractivity contribution >= 4 is 19.7 Å². The Morgan fingerprint density at radius 2 is 1.76 bits per heavy atom. The topological polar surface area (TPSA) is 98.8 Å². The molecule has 1 spiro atoms. The van der Waals surface area contributed by atoms with Crippen LogP contribution in [0.4, 0.5) is 0 Å². The number of sulfone groups is 2. The molecular formula is C12H23NO6S2. The summed E-state index contributed by atoms with van der Waals surface area (Å²) in [5.74, 6) is -1.52. The summed E-state index contributed by atoms with van der Waals surface area (Å²) in [7, 11) is -5.13. The summed E-state index contributed by atoms with van der Waals surface area (Å²) in [6.45, 7) is 0.945. The maximum Gasteiger partial charge on any atom is 0.169 e. The van der Waals surface area contributed by atoms with Crippen LogP contribution < -0.4 is 5.32 Å². The largest absolute Gasteiger partial charge is 0.347 e. The Balaban J connectivity index is 2.16. The van der Waals surface area contributed by atoms with Crippen molar-refractivity contribution in [3.63, 3.8) is 0 Å². The van der Waals surface area contributed by atoms with Gasteiger partial charge in [0.2, 0.25) is 0 Å². The van der Waals surface area contributed by atoms with Gasteiger partial charge in [0.05, 0.1) is 30.0 Å². The van der Waals surface area contributed by atoms with Gasteiger partial charge in [-0.05, 0) is 13.5 Å². The van der Waals surface area contributed by atoms with E-state index >= 15 is 0 Å². The van der Waals surface area contributed by atoms with Gasteiger partial charge in [0.25, 0.3) is 0 Å². The molecule has 1 heterocycles. The van der Waals surface area contributed by atoms with Crippen LogP contribution in [0.25, 0.3) is 0 Å². The van der Waals surface area contributed by atoms with Crippen LogP contribution in [-0.2, 0) is 29.1 Å². The first-order valence-corrected chi connectivity index (χ1v) is 10.8. The van der Waals surface area contributed by atoms with Crippen LogP contribution in [0.3, 0.4) is 0 Å². The first-order chi connectivity index (χ1) is 9.68. The van der Waals surface area contributed by atoms with E-state index in [0.29, 0.717) is 26.1 Å². The Kier molecular flexibility index (Phi) is 4.99. The van der Waals surface area contributed by atoms with Crippen LogP contribution in [0.15, 0.2) is 0 Å². The predicted octanol–water partition coefficient (Wildman–Crippen LogP) is -0.671. The zero-order valence-corrected chi connectivity index (χ0v) is 14.0. The lowest BCUT2D eigenvalue weighted by molar-refractivity contribution is -0.178. The molecule has 1 saturated heterocycles. The SMILES string of the molecule is CNC1CCC2(CC1S(=O)(=O)CCS(C)(=O)=O)OCCO2. The van der Waals surface area contributed by atoms with Gasteiger partial charge >= 0.3 is 0 Å². The van der Waals surface area contributed by atoms with E-state index in [1.165, 1.54) is 0 Å². The van der Waals surface area contributed by atoms with Crippen molar-refractivity contribution < 1.29 is 26.3 Å². The molecule has 0 bridgehead atoms. The highest BCUT2D eigenvalue weighted by molar-refractivity contribution is 7.95. The molecule has 2 unspecified atom stereocenters. The quantitative estimate of drug-likeness (QED) is 0.708. The lowest BCUT2D eigenvalue weighted by Crippen LogP contribution is -2.53. The standard InChI is InChI=1S/C12H23NO6S2/c1-13-10-3-4-12(18-5-6-19-12)9-11(10)21(16,17)8-7-20(2,14)15/h10-11,13H,3-9H2,1-2H3. The third-order valence-electron chi connectivity index (χ3n) is 4.18. The fourth-order valence-electron chi connectivity index (χ4n) is 3.00. The highest BCUT2D eigenvalue weighted by atomic mass is 32.2. The fraction of sp³-hybridized carbons (Fsp3) is 1.00. The smallest absolute Gasteiger partial charge is 0.169 e. The first-order valence-electron chi connectivity index (χ1n) is 7.02. The Hall–Kier alpha value is -0.220. The highest BCUT2D eigenvalue weighted by Crippen LogP contribution is 2.38. The van der Waals surface area contributed by atoms with Crippen molar-refractivity contribution in [2.24, 2.45) is 0 Å². The number of hydrogen-bond donors (Lipinski definition) is 1. The van der Waals surface area contributed by atoms with Gasteiger partial charge in [-0.3, -0.25) is 0 Å². The molecule has 0 aromatic rings. The van der Waals surface area contributed by atoms with E-state index in [0.717, 1.165) is 6.26 Å². The summed E-state index contributed by atoms with van der Waals surface area (Å²) in [6.07, 6.45) is 2.57. The molecule has 2 aliphatic rings. The van der Waals surface area contributed by atoms with Gasteiger partial charge in [-0.1, -0.05) is 0 Å². The first kappa shape index (κ1) is 17.1. The molecule has 124 valence electrons. The van der Waals surface area contributed by atoms with Gasteiger partial charge in [0.15, 0.2) is 15.6 Å². The van der Waals surface area contributed by atoms with Gasteiger partial charge in [-0.25, -0.2) is 16.8 Å². The number of hydrogen-bond acceptors (Lipinski definition) is 7. The monoisotopic (exact) mass is 341 g/mol. The Labute approximate surface area is 126 Å². The van der Waals surface area contributed by atoms with E-state index in [9.17, 15) is 16.8 Å². The summed E-state index contributed by atoms with van der Waals surface area (Å²) in [4.78, 5) is 0. The van der Waals surface area contributed by atoms with Crippen molar-refractivity contribution in [2.45, 2.75) is 36.3 Å². The molecular weight excluding hydrogens is 318 g/mol. The van der Waals surface area contributed by atoms with Gasteiger partial charge < -0.3 is 14.8 Å². The Morgan fingerprint density at radius 1 is 1.14 bits per heavy atom. The van der Waals surface area contributed by atoms with Crippen LogP contribution in [-0.4, -0.2) is 71.9 Å². The minimum absolute atomic E-state index is 0.201. The van der Waals surface area contributed by atoms with Crippen molar-refractivity contribution in [3.05, 3.63) is 0 Å².